The fourth-order valence-electron chi connectivity index (χ4n) is 1.98. The van der Waals surface area contributed by atoms with E-state index in [-0.39, 0.29) is 0 Å². The molecule has 0 radical (unpaired) electrons. The molecule has 0 bridgehead atoms. The van der Waals surface area contributed by atoms with Gasteiger partial charge < -0.3 is 4.74 Å². The summed E-state index contributed by atoms with van der Waals surface area (Å²) in [5, 5.41) is 0.687. The van der Waals surface area contributed by atoms with Crippen molar-refractivity contribution < 1.29 is 9.30 Å². The molecule has 1 aromatic carbocycles. The van der Waals surface area contributed by atoms with E-state index in [9.17, 15) is 4.57 Å². The van der Waals surface area contributed by atoms with Gasteiger partial charge in [-0.05, 0) is 48.3 Å². The van der Waals surface area contributed by atoms with Crippen molar-refractivity contribution in [3.63, 3.8) is 0 Å². The van der Waals surface area contributed by atoms with E-state index in [1.54, 1.807) is 19.2 Å². The van der Waals surface area contributed by atoms with Crippen LogP contribution in [0.1, 0.15) is 39.5 Å². The van der Waals surface area contributed by atoms with Crippen molar-refractivity contribution in [1.29, 1.82) is 0 Å². The largest absolute Gasteiger partial charge is 0.497 e. The molecule has 0 aromatic heterocycles. The second kappa shape index (κ2) is 8.71. The summed E-state index contributed by atoms with van der Waals surface area (Å²) in [5.41, 5.74) is 0. The molecule has 0 fully saturated rings. The van der Waals surface area contributed by atoms with Crippen LogP contribution >= 0.6 is 17.9 Å². The SMILES string of the molecule is CCCCN(CCCC)P(=O)(Cl)c1ccc(OC)cc1. The van der Waals surface area contributed by atoms with Gasteiger partial charge in [0, 0.05) is 18.4 Å². The monoisotopic (exact) mass is 317 g/mol. The average molecular weight is 318 g/mol. The van der Waals surface area contributed by atoms with E-state index < -0.39 is 6.65 Å². The molecule has 0 amide bonds. The van der Waals surface area contributed by atoms with Crippen LogP contribution in [0.4, 0.5) is 0 Å². The zero-order valence-corrected chi connectivity index (χ0v) is 14.3. The summed E-state index contributed by atoms with van der Waals surface area (Å²) in [6.45, 7) is 2.83. The van der Waals surface area contributed by atoms with Gasteiger partial charge in [0.05, 0.1) is 7.11 Å². The van der Waals surface area contributed by atoms with Gasteiger partial charge >= 0.3 is 0 Å². The van der Waals surface area contributed by atoms with Gasteiger partial charge in [-0.25, -0.2) is 4.67 Å². The highest BCUT2D eigenvalue weighted by Gasteiger charge is 2.29. The highest BCUT2D eigenvalue weighted by atomic mass is 35.7. The maximum atomic E-state index is 13.0. The highest BCUT2D eigenvalue weighted by molar-refractivity contribution is 7.93. The number of unbranched alkanes of at least 4 members (excludes halogenated alkanes) is 2. The smallest absolute Gasteiger partial charge is 0.263 e. The predicted octanol–water partition coefficient (Wildman–Crippen LogP) is 4.65. The lowest BCUT2D eigenvalue weighted by Gasteiger charge is -2.27. The summed E-state index contributed by atoms with van der Waals surface area (Å²) < 4.78 is 20.1. The van der Waals surface area contributed by atoms with Gasteiger partial charge in [0.1, 0.15) is 5.75 Å². The minimum atomic E-state index is -2.99. The van der Waals surface area contributed by atoms with Crippen LogP contribution in [-0.4, -0.2) is 24.9 Å². The van der Waals surface area contributed by atoms with E-state index in [2.05, 4.69) is 13.8 Å². The first kappa shape index (κ1) is 17.6. The van der Waals surface area contributed by atoms with E-state index in [1.165, 1.54) is 0 Å². The lowest BCUT2D eigenvalue weighted by molar-refractivity contribution is 0.407. The van der Waals surface area contributed by atoms with Crippen LogP contribution < -0.4 is 10.0 Å². The van der Waals surface area contributed by atoms with Crippen LogP contribution in [0.2, 0.25) is 0 Å². The van der Waals surface area contributed by atoms with Crippen LogP contribution in [0, 0.1) is 0 Å². The van der Waals surface area contributed by atoms with Crippen molar-refractivity contribution in [2.24, 2.45) is 0 Å². The number of ether oxygens (including phenoxy) is 1. The van der Waals surface area contributed by atoms with Crippen LogP contribution in [0.15, 0.2) is 24.3 Å². The Morgan fingerprint density at radius 2 is 1.60 bits per heavy atom. The predicted molar refractivity (Wildman–Crippen MR) is 87.5 cm³/mol. The Balaban J connectivity index is 2.90. The zero-order chi connectivity index (χ0) is 15.0. The Kier molecular flexibility index (Phi) is 7.65. The van der Waals surface area contributed by atoms with Gasteiger partial charge in [0.25, 0.3) is 6.65 Å². The Hall–Kier alpha value is -0.500. The standard InChI is InChI=1S/C15H25ClNO2P/c1-4-6-12-17(13-7-5-2)20(16,18)15-10-8-14(19-3)9-11-15/h8-11H,4-7,12-13H2,1-3H3. The molecule has 20 heavy (non-hydrogen) atoms. The van der Waals surface area contributed by atoms with Gasteiger partial charge in [-0.1, -0.05) is 26.7 Å². The number of hydrogen-bond acceptors (Lipinski definition) is 2. The number of benzene rings is 1. The molecule has 0 saturated carbocycles. The normalized spacial score (nSPS) is 14.2. The molecule has 114 valence electrons. The molecule has 0 aliphatic rings. The second-order valence-electron chi connectivity index (χ2n) is 4.86. The molecule has 0 spiro atoms. The molecule has 3 nitrogen and oxygen atoms in total. The zero-order valence-electron chi connectivity index (χ0n) is 12.6. The molecule has 0 aliphatic carbocycles. The van der Waals surface area contributed by atoms with E-state index in [0.29, 0.717) is 5.30 Å². The number of methoxy groups -OCH3 is 1. The van der Waals surface area contributed by atoms with E-state index >= 15 is 0 Å². The minimum absolute atomic E-state index is 0.687. The summed E-state index contributed by atoms with van der Waals surface area (Å²) >= 11 is 6.44. The van der Waals surface area contributed by atoms with Gasteiger partial charge in [-0.3, -0.25) is 4.57 Å². The summed E-state index contributed by atoms with van der Waals surface area (Å²) in [4.78, 5) is 0. The number of rotatable bonds is 9. The number of hydrogen-bond donors (Lipinski definition) is 0. The first-order valence-corrected chi connectivity index (χ1v) is 9.82. The lowest BCUT2D eigenvalue weighted by Crippen LogP contribution is -2.25. The summed E-state index contributed by atoms with van der Waals surface area (Å²) in [6.07, 6.45) is 4.16. The molecular weight excluding hydrogens is 293 g/mol. The maximum Gasteiger partial charge on any atom is 0.263 e. The summed E-state index contributed by atoms with van der Waals surface area (Å²) in [6, 6.07) is 7.22. The molecule has 0 saturated heterocycles. The third kappa shape index (κ3) is 4.80. The third-order valence-electron chi connectivity index (χ3n) is 3.29. The molecule has 1 atom stereocenters. The number of nitrogens with zero attached hydrogens (tertiary/aromatic N) is 1. The van der Waals surface area contributed by atoms with Crippen LogP contribution in [0.3, 0.4) is 0 Å². The van der Waals surface area contributed by atoms with Crippen molar-refractivity contribution in [1.82, 2.24) is 4.67 Å². The van der Waals surface area contributed by atoms with Gasteiger partial charge in [0.2, 0.25) is 0 Å². The fraction of sp³-hybridized carbons (Fsp3) is 0.600. The average Bonchev–Trinajstić information content (AvgIpc) is 2.47. The molecule has 1 rings (SSSR count). The first-order valence-electron chi connectivity index (χ1n) is 7.26. The molecule has 0 heterocycles. The van der Waals surface area contributed by atoms with Crippen LogP contribution in [0.25, 0.3) is 0 Å². The van der Waals surface area contributed by atoms with Crippen LogP contribution in [-0.2, 0) is 4.57 Å². The molecular formula is C15H25ClNO2P. The van der Waals surface area contributed by atoms with Crippen molar-refractivity contribution in [2.75, 3.05) is 20.2 Å². The van der Waals surface area contributed by atoms with Crippen molar-refractivity contribution in [2.45, 2.75) is 39.5 Å². The summed E-state index contributed by atoms with van der Waals surface area (Å²) in [5.74, 6) is 0.749. The Bertz CT molecular complexity index is 428. The van der Waals surface area contributed by atoms with E-state index in [0.717, 1.165) is 44.5 Å². The number of halogens is 1. The van der Waals surface area contributed by atoms with Crippen molar-refractivity contribution in [3.8, 4) is 5.75 Å². The van der Waals surface area contributed by atoms with Crippen molar-refractivity contribution >= 4 is 23.2 Å². The Labute approximate surface area is 127 Å². The minimum Gasteiger partial charge on any atom is -0.497 e. The first-order chi connectivity index (χ1) is 9.56. The maximum absolute atomic E-state index is 13.0. The lowest BCUT2D eigenvalue weighted by atomic mass is 10.3. The second-order valence-corrected chi connectivity index (χ2v) is 8.32. The third-order valence-corrected chi connectivity index (χ3v) is 6.58. The molecule has 1 aromatic rings. The van der Waals surface area contributed by atoms with Crippen LogP contribution in [0.5, 0.6) is 5.75 Å². The molecule has 5 heteroatoms. The van der Waals surface area contributed by atoms with E-state index in [1.807, 2.05) is 16.8 Å². The molecule has 0 N–H and O–H groups in total. The van der Waals surface area contributed by atoms with E-state index in [4.69, 9.17) is 16.0 Å². The highest BCUT2D eigenvalue weighted by Crippen LogP contribution is 2.53. The topological polar surface area (TPSA) is 29.5 Å². The Morgan fingerprint density at radius 3 is 2.00 bits per heavy atom. The van der Waals surface area contributed by atoms with Gasteiger partial charge in [-0.2, -0.15) is 0 Å². The van der Waals surface area contributed by atoms with Crippen molar-refractivity contribution in [3.05, 3.63) is 24.3 Å². The van der Waals surface area contributed by atoms with Gasteiger partial charge in [-0.15, -0.1) is 0 Å². The molecule has 1 unspecified atom stereocenters. The fourth-order valence-corrected chi connectivity index (χ4v) is 4.41. The van der Waals surface area contributed by atoms with Gasteiger partial charge in [0.15, 0.2) is 0 Å². The molecule has 0 aliphatic heterocycles. The Morgan fingerprint density at radius 1 is 1.10 bits per heavy atom. The quantitative estimate of drug-likeness (QED) is 0.621. The summed E-state index contributed by atoms with van der Waals surface area (Å²) in [7, 11) is 1.62.